The minimum atomic E-state index is 0.104. The summed E-state index contributed by atoms with van der Waals surface area (Å²) in [5, 5.41) is 5.17. The lowest BCUT2D eigenvalue weighted by Crippen LogP contribution is -2.35. The fraction of sp³-hybridized carbons (Fsp3) is 0.412. The second-order valence-corrected chi connectivity index (χ2v) is 6.77. The molecule has 110 valence electrons. The van der Waals surface area contributed by atoms with Gasteiger partial charge in [-0.05, 0) is 50.3 Å². The summed E-state index contributed by atoms with van der Waals surface area (Å²) in [7, 11) is 0. The van der Waals surface area contributed by atoms with Crippen molar-refractivity contribution in [2.24, 2.45) is 5.92 Å². The van der Waals surface area contributed by atoms with Crippen molar-refractivity contribution >= 4 is 28.6 Å². The molecule has 1 fully saturated rings. The summed E-state index contributed by atoms with van der Waals surface area (Å²) in [6.45, 7) is 4.18. The van der Waals surface area contributed by atoms with Crippen molar-refractivity contribution < 1.29 is 4.79 Å². The van der Waals surface area contributed by atoms with Crippen LogP contribution < -0.4 is 5.32 Å². The topological polar surface area (TPSA) is 42.0 Å². The molecule has 1 atom stereocenters. The molecule has 1 aliphatic rings. The van der Waals surface area contributed by atoms with Gasteiger partial charge in [0.05, 0.1) is 16.3 Å². The Morgan fingerprint density at radius 3 is 2.95 bits per heavy atom. The first-order valence-corrected chi connectivity index (χ1v) is 8.40. The van der Waals surface area contributed by atoms with Gasteiger partial charge in [-0.3, -0.25) is 4.79 Å². The Morgan fingerprint density at radius 2 is 2.19 bits per heavy atom. The standard InChI is InChI=1S/C17H20N2OS/c1-11-9-17(19-15-6-4-3-5-14(11)15)21-10-16(20)18-12(2)13-7-8-13/h3-6,9,12-13H,7-8,10H2,1-2H3,(H,18,20)/t12-/m0/s1. The number of carbonyl (C=O) groups is 1. The molecule has 2 aromatic rings. The third kappa shape index (κ3) is 3.56. The number of thioether (sulfide) groups is 1. The molecule has 1 aromatic carbocycles. The summed E-state index contributed by atoms with van der Waals surface area (Å²) in [6.07, 6.45) is 2.50. The molecule has 21 heavy (non-hydrogen) atoms. The molecule has 0 aliphatic heterocycles. The summed E-state index contributed by atoms with van der Waals surface area (Å²) in [5.41, 5.74) is 2.20. The van der Waals surface area contributed by atoms with Crippen LogP contribution in [0.3, 0.4) is 0 Å². The van der Waals surface area contributed by atoms with Gasteiger partial charge in [0.25, 0.3) is 0 Å². The summed E-state index contributed by atoms with van der Waals surface area (Å²) in [5.74, 6) is 1.23. The highest BCUT2D eigenvalue weighted by Gasteiger charge is 2.28. The summed E-state index contributed by atoms with van der Waals surface area (Å²) in [6, 6.07) is 10.5. The van der Waals surface area contributed by atoms with Crippen molar-refractivity contribution in [1.29, 1.82) is 0 Å². The zero-order valence-corrected chi connectivity index (χ0v) is 13.2. The van der Waals surface area contributed by atoms with Crippen LogP contribution >= 0.6 is 11.8 Å². The molecule has 0 spiro atoms. The van der Waals surface area contributed by atoms with E-state index < -0.39 is 0 Å². The lowest BCUT2D eigenvalue weighted by Gasteiger charge is -2.12. The maximum Gasteiger partial charge on any atom is 0.230 e. The van der Waals surface area contributed by atoms with Crippen LogP contribution in [0.4, 0.5) is 0 Å². The molecule has 1 amide bonds. The monoisotopic (exact) mass is 300 g/mol. The zero-order chi connectivity index (χ0) is 14.8. The van der Waals surface area contributed by atoms with Gasteiger partial charge >= 0.3 is 0 Å². The number of aryl methyl sites for hydroxylation is 1. The number of hydrogen-bond acceptors (Lipinski definition) is 3. The molecule has 0 bridgehead atoms. The number of pyridine rings is 1. The molecule has 0 unspecified atom stereocenters. The molecule has 0 radical (unpaired) electrons. The van der Waals surface area contributed by atoms with Crippen LogP contribution in [0.5, 0.6) is 0 Å². The maximum absolute atomic E-state index is 11.9. The molecule has 3 rings (SSSR count). The van der Waals surface area contributed by atoms with E-state index in [1.165, 1.54) is 35.6 Å². The van der Waals surface area contributed by atoms with E-state index in [2.05, 4.69) is 36.3 Å². The number of amides is 1. The van der Waals surface area contributed by atoms with E-state index in [0.717, 1.165) is 10.5 Å². The third-order valence-electron chi connectivity index (χ3n) is 3.97. The summed E-state index contributed by atoms with van der Waals surface area (Å²) >= 11 is 1.51. The van der Waals surface area contributed by atoms with Crippen LogP contribution in [0.25, 0.3) is 10.9 Å². The number of benzene rings is 1. The van der Waals surface area contributed by atoms with Crippen LogP contribution in [0.2, 0.25) is 0 Å². The second-order valence-electron chi connectivity index (χ2n) is 5.78. The van der Waals surface area contributed by atoms with Crippen molar-refractivity contribution in [3.63, 3.8) is 0 Å². The Morgan fingerprint density at radius 1 is 1.43 bits per heavy atom. The van der Waals surface area contributed by atoms with Crippen molar-refractivity contribution in [3.8, 4) is 0 Å². The Labute approximate surface area is 129 Å². The molecule has 1 saturated carbocycles. The van der Waals surface area contributed by atoms with Crippen LogP contribution in [0.1, 0.15) is 25.3 Å². The van der Waals surface area contributed by atoms with E-state index in [-0.39, 0.29) is 5.91 Å². The number of hydrogen-bond donors (Lipinski definition) is 1. The van der Waals surface area contributed by atoms with Crippen LogP contribution in [0, 0.1) is 12.8 Å². The van der Waals surface area contributed by atoms with Gasteiger partial charge in [-0.25, -0.2) is 4.98 Å². The number of nitrogens with one attached hydrogen (secondary N) is 1. The average molecular weight is 300 g/mol. The predicted molar refractivity (Wildman–Crippen MR) is 87.5 cm³/mol. The summed E-state index contributed by atoms with van der Waals surface area (Å²) in [4.78, 5) is 16.6. The number of fused-ring (bicyclic) bond motifs is 1. The third-order valence-corrected chi connectivity index (χ3v) is 4.88. The first-order chi connectivity index (χ1) is 10.1. The molecular weight excluding hydrogens is 280 g/mol. The van der Waals surface area contributed by atoms with E-state index in [9.17, 15) is 4.79 Å². The molecule has 1 N–H and O–H groups in total. The molecule has 1 aliphatic carbocycles. The highest BCUT2D eigenvalue weighted by molar-refractivity contribution is 7.99. The van der Waals surface area contributed by atoms with Crippen LogP contribution in [-0.4, -0.2) is 22.7 Å². The number of para-hydroxylation sites is 1. The van der Waals surface area contributed by atoms with E-state index in [1.54, 1.807) is 0 Å². The van der Waals surface area contributed by atoms with Crippen molar-refractivity contribution in [3.05, 3.63) is 35.9 Å². The maximum atomic E-state index is 11.9. The first kappa shape index (κ1) is 14.4. The molecular formula is C17H20N2OS. The average Bonchev–Trinajstić information content (AvgIpc) is 3.30. The lowest BCUT2D eigenvalue weighted by molar-refractivity contribution is -0.119. The SMILES string of the molecule is Cc1cc(SCC(=O)N[C@@H](C)C2CC2)nc2ccccc12. The number of carbonyl (C=O) groups excluding carboxylic acids is 1. The van der Waals surface area contributed by atoms with Gasteiger partial charge < -0.3 is 5.32 Å². The Kier molecular flexibility index (Phi) is 4.15. The van der Waals surface area contributed by atoms with Gasteiger partial charge in [0.15, 0.2) is 0 Å². The smallest absolute Gasteiger partial charge is 0.230 e. The number of aromatic nitrogens is 1. The molecule has 1 aromatic heterocycles. The van der Waals surface area contributed by atoms with Crippen LogP contribution in [0.15, 0.2) is 35.4 Å². The minimum absolute atomic E-state index is 0.104. The van der Waals surface area contributed by atoms with Gasteiger partial charge in [-0.1, -0.05) is 30.0 Å². The highest BCUT2D eigenvalue weighted by atomic mass is 32.2. The van der Waals surface area contributed by atoms with Gasteiger partial charge in [-0.2, -0.15) is 0 Å². The quantitative estimate of drug-likeness (QED) is 0.859. The van der Waals surface area contributed by atoms with Gasteiger partial charge in [0, 0.05) is 11.4 Å². The van der Waals surface area contributed by atoms with E-state index in [1.807, 2.05) is 18.2 Å². The van der Waals surface area contributed by atoms with Crippen LogP contribution in [-0.2, 0) is 4.79 Å². The normalized spacial score (nSPS) is 15.9. The lowest BCUT2D eigenvalue weighted by atomic mass is 10.1. The van der Waals surface area contributed by atoms with E-state index in [4.69, 9.17) is 0 Å². The largest absolute Gasteiger partial charge is 0.353 e. The molecule has 1 heterocycles. The summed E-state index contributed by atoms with van der Waals surface area (Å²) < 4.78 is 0. The Hall–Kier alpha value is -1.55. The van der Waals surface area contributed by atoms with E-state index in [0.29, 0.717) is 17.7 Å². The first-order valence-electron chi connectivity index (χ1n) is 7.42. The predicted octanol–water partition coefficient (Wildman–Crippen LogP) is 3.55. The number of rotatable bonds is 5. The van der Waals surface area contributed by atoms with Gasteiger partial charge in [-0.15, -0.1) is 0 Å². The molecule has 0 saturated heterocycles. The fourth-order valence-corrected chi connectivity index (χ4v) is 3.33. The molecule has 4 heteroatoms. The number of nitrogens with zero attached hydrogens (tertiary/aromatic N) is 1. The van der Waals surface area contributed by atoms with Gasteiger partial charge in [0.2, 0.25) is 5.91 Å². The fourth-order valence-electron chi connectivity index (χ4n) is 2.54. The minimum Gasteiger partial charge on any atom is -0.353 e. The Bertz CT molecular complexity index is 667. The van der Waals surface area contributed by atoms with Gasteiger partial charge in [0.1, 0.15) is 0 Å². The Balaban J connectivity index is 1.63. The second kappa shape index (κ2) is 6.06. The zero-order valence-electron chi connectivity index (χ0n) is 12.4. The molecule has 3 nitrogen and oxygen atoms in total. The van der Waals surface area contributed by atoms with E-state index >= 15 is 0 Å². The van der Waals surface area contributed by atoms with Crippen molar-refractivity contribution in [2.45, 2.75) is 37.8 Å². The van der Waals surface area contributed by atoms with Crippen molar-refractivity contribution in [2.75, 3.05) is 5.75 Å². The highest BCUT2D eigenvalue weighted by Crippen LogP contribution is 2.32. The van der Waals surface area contributed by atoms with Crippen molar-refractivity contribution in [1.82, 2.24) is 10.3 Å².